The number of hydrogen-bond acceptors (Lipinski definition) is 7. The van der Waals surface area contributed by atoms with E-state index in [0.717, 1.165) is 64.5 Å². The molecule has 1 amide bonds. The lowest BCUT2D eigenvalue weighted by molar-refractivity contribution is -0.256. The van der Waals surface area contributed by atoms with Crippen molar-refractivity contribution in [3.8, 4) is 0 Å². The lowest BCUT2D eigenvalue weighted by Gasteiger charge is -2.64. The van der Waals surface area contributed by atoms with Gasteiger partial charge in [-0.25, -0.2) is 8.78 Å². The Morgan fingerprint density at radius 1 is 1.02 bits per heavy atom. The summed E-state index contributed by atoms with van der Waals surface area (Å²) in [6.45, 7) is 18.2. The second-order valence-electron chi connectivity index (χ2n) is 19.9. The first-order chi connectivity index (χ1) is 25.1. The lowest BCUT2D eigenvalue weighted by atomic mass is 9.41. The number of nitrogens with zero attached hydrogens (tertiary/aromatic N) is 2. The molecule has 9 rings (SSSR count). The quantitative estimate of drug-likeness (QED) is 0.339. The SMILES string of the molecule is CC(=O)N(Cc1cc(F)cc(F)c1)CC1C[C@@H](C)[C@H]2C(O1)[C@H](O)[C@@]1(C)C3CC[C@H]4C(C)(C)C(OC5CN(C6COC6)CCO5)CCC45CC35CCC21C. The number of halogens is 2. The molecule has 0 bridgehead atoms. The number of amides is 1. The van der Waals surface area contributed by atoms with E-state index in [1.54, 1.807) is 4.90 Å². The van der Waals surface area contributed by atoms with Crippen LogP contribution in [0.4, 0.5) is 8.78 Å². The molecule has 2 spiro atoms. The number of aliphatic hydroxyl groups is 1. The average molecular weight is 741 g/mol. The van der Waals surface area contributed by atoms with Gasteiger partial charge in [0.15, 0.2) is 6.29 Å². The van der Waals surface area contributed by atoms with E-state index in [-0.39, 0.29) is 64.6 Å². The van der Waals surface area contributed by atoms with Crippen LogP contribution in [-0.4, -0.2) is 97.0 Å². The fraction of sp³-hybridized carbons (Fsp3) is 0.837. The van der Waals surface area contributed by atoms with Crippen LogP contribution in [0.1, 0.15) is 98.5 Å². The molecular weight excluding hydrogens is 678 g/mol. The molecule has 3 aliphatic heterocycles. The monoisotopic (exact) mass is 740 g/mol. The average Bonchev–Trinajstić information content (AvgIpc) is 3.69. The van der Waals surface area contributed by atoms with Gasteiger partial charge in [0.25, 0.3) is 0 Å². The number of carbonyl (C=O) groups excluding carboxylic acids is 1. The van der Waals surface area contributed by atoms with Gasteiger partial charge in [0.1, 0.15) is 11.6 Å². The summed E-state index contributed by atoms with van der Waals surface area (Å²) in [7, 11) is 0. The zero-order valence-electron chi connectivity index (χ0n) is 32.8. The molecule has 3 heterocycles. The van der Waals surface area contributed by atoms with E-state index in [0.29, 0.717) is 47.9 Å². The van der Waals surface area contributed by atoms with Crippen LogP contribution in [-0.2, 0) is 30.3 Å². The van der Waals surface area contributed by atoms with Crippen LogP contribution < -0.4 is 0 Å². The Morgan fingerprint density at radius 3 is 2.43 bits per heavy atom. The van der Waals surface area contributed by atoms with Gasteiger partial charge in [-0.1, -0.05) is 34.6 Å². The van der Waals surface area contributed by atoms with E-state index < -0.39 is 17.7 Å². The van der Waals surface area contributed by atoms with Gasteiger partial charge in [-0.15, -0.1) is 0 Å². The minimum Gasteiger partial charge on any atom is -0.390 e. The molecule has 8 fully saturated rings. The topological polar surface area (TPSA) is 80.7 Å². The fourth-order valence-electron chi connectivity index (χ4n) is 14.9. The van der Waals surface area contributed by atoms with Crippen molar-refractivity contribution in [1.29, 1.82) is 0 Å². The van der Waals surface area contributed by atoms with Gasteiger partial charge in [0.2, 0.25) is 5.91 Å². The number of carbonyl (C=O) groups is 1. The van der Waals surface area contributed by atoms with Gasteiger partial charge in [-0.3, -0.25) is 9.69 Å². The second kappa shape index (κ2) is 12.7. The van der Waals surface area contributed by atoms with Crippen molar-refractivity contribution in [2.45, 2.75) is 136 Å². The highest BCUT2D eigenvalue weighted by Crippen LogP contribution is 2.89. The number of ether oxygens (including phenoxy) is 4. The summed E-state index contributed by atoms with van der Waals surface area (Å²) in [6, 6.07) is 3.92. The molecule has 53 heavy (non-hydrogen) atoms. The van der Waals surface area contributed by atoms with Crippen molar-refractivity contribution in [1.82, 2.24) is 9.80 Å². The minimum atomic E-state index is -0.651. The number of fused-ring (bicyclic) bond motifs is 4. The van der Waals surface area contributed by atoms with Crippen LogP contribution in [0.15, 0.2) is 18.2 Å². The van der Waals surface area contributed by atoms with Gasteiger partial charge < -0.3 is 29.0 Å². The lowest BCUT2D eigenvalue weighted by Crippen LogP contribution is -2.60. The molecule has 0 aromatic heterocycles. The molecule has 13 atom stereocenters. The molecular formula is C43H62F2N2O6. The molecule has 5 saturated carbocycles. The Kier molecular flexibility index (Phi) is 8.82. The summed E-state index contributed by atoms with van der Waals surface area (Å²) < 4.78 is 53.6. The first-order valence-corrected chi connectivity index (χ1v) is 20.8. The second-order valence-corrected chi connectivity index (χ2v) is 19.9. The third-order valence-corrected chi connectivity index (χ3v) is 17.5. The summed E-state index contributed by atoms with van der Waals surface area (Å²) >= 11 is 0. The molecule has 1 aromatic carbocycles. The van der Waals surface area contributed by atoms with Crippen molar-refractivity contribution in [2.24, 2.45) is 50.7 Å². The highest BCUT2D eigenvalue weighted by atomic mass is 19.1. The molecule has 3 saturated heterocycles. The zero-order valence-corrected chi connectivity index (χ0v) is 32.8. The smallest absolute Gasteiger partial charge is 0.219 e. The summed E-state index contributed by atoms with van der Waals surface area (Å²) in [5, 5.41) is 12.7. The maximum absolute atomic E-state index is 14.0. The Balaban J connectivity index is 0.918. The Hall–Kier alpha value is -1.69. The summed E-state index contributed by atoms with van der Waals surface area (Å²) in [5.74, 6) is 0.0931. The van der Waals surface area contributed by atoms with Crippen molar-refractivity contribution in [2.75, 3.05) is 39.5 Å². The van der Waals surface area contributed by atoms with E-state index in [1.807, 2.05) is 0 Å². The third kappa shape index (κ3) is 5.34. The molecule has 8 aliphatic rings. The predicted molar refractivity (Wildman–Crippen MR) is 194 cm³/mol. The van der Waals surface area contributed by atoms with Crippen LogP contribution >= 0.6 is 0 Å². The van der Waals surface area contributed by atoms with Gasteiger partial charge in [0.05, 0.1) is 56.8 Å². The van der Waals surface area contributed by atoms with E-state index in [2.05, 4.69) is 39.5 Å². The molecule has 294 valence electrons. The first kappa shape index (κ1) is 36.9. The summed E-state index contributed by atoms with van der Waals surface area (Å²) in [4.78, 5) is 16.9. The molecule has 8 unspecified atom stereocenters. The summed E-state index contributed by atoms with van der Waals surface area (Å²) in [6.07, 6.45) is 7.74. The first-order valence-electron chi connectivity index (χ1n) is 20.8. The van der Waals surface area contributed by atoms with E-state index in [1.165, 1.54) is 38.3 Å². The van der Waals surface area contributed by atoms with Crippen molar-refractivity contribution in [3.63, 3.8) is 0 Å². The van der Waals surface area contributed by atoms with Gasteiger partial charge >= 0.3 is 0 Å². The normalized spacial score (nSPS) is 47.3. The van der Waals surface area contributed by atoms with E-state index >= 15 is 0 Å². The molecule has 1 aromatic rings. The van der Waals surface area contributed by atoms with Crippen LogP contribution in [0.2, 0.25) is 0 Å². The summed E-state index contributed by atoms with van der Waals surface area (Å²) in [5.41, 5.74) is 0.665. The number of morpholine rings is 1. The number of rotatable bonds is 7. The van der Waals surface area contributed by atoms with Gasteiger partial charge in [-0.05, 0) is 114 Å². The number of aliphatic hydroxyl groups excluding tert-OH is 1. The Bertz CT molecular complexity index is 1590. The maximum Gasteiger partial charge on any atom is 0.219 e. The highest BCUT2D eigenvalue weighted by Gasteiger charge is 2.84. The maximum atomic E-state index is 14.0. The molecule has 0 radical (unpaired) electrons. The molecule has 1 N–H and O–H groups in total. The standard InChI is InChI=1S/C43H62F2N2O6/c1-25-15-31(20-47(26(2)48)19-27-16-28(44)18-29(45)17-27)52-37-36(25)40(5)11-12-43-24-42(43)10-9-34(53-35-21-46(13-14-51-35)30-22-50-23-30)39(3,4)32(42)7-8-33(43)41(40,6)38(37)49/h16-18,25,30-38,49H,7-15,19-24H2,1-6H3/t25-,31?,32+,33?,34?,35?,36+,37?,38+,40?,41-,42?,43?/m1/s1. The zero-order chi connectivity index (χ0) is 37.3. The molecule has 8 nitrogen and oxygen atoms in total. The van der Waals surface area contributed by atoms with Crippen molar-refractivity contribution >= 4 is 5.91 Å². The van der Waals surface area contributed by atoms with Gasteiger partial charge in [0, 0.05) is 38.0 Å². The van der Waals surface area contributed by atoms with E-state index in [4.69, 9.17) is 18.9 Å². The molecule has 10 heteroatoms. The minimum absolute atomic E-state index is 0.0343. The van der Waals surface area contributed by atoms with Crippen LogP contribution in [0.5, 0.6) is 0 Å². The Morgan fingerprint density at radius 2 is 1.74 bits per heavy atom. The fourth-order valence-corrected chi connectivity index (χ4v) is 14.9. The van der Waals surface area contributed by atoms with Crippen LogP contribution in [0.25, 0.3) is 0 Å². The van der Waals surface area contributed by atoms with Gasteiger partial charge in [-0.2, -0.15) is 0 Å². The predicted octanol–water partition coefficient (Wildman–Crippen LogP) is 6.57. The largest absolute Gasteiger partial charge is 0.390 e. The highest BCUT2D eigenvalue weighted by molar-refractivity contribution is 5.73. The van der Waals surface area contributed by atoms with Crippen LogP contribution in [0, 0.1) is 62.4 Å². The van der Waals surface area contributed by atoms with Crippen molar-refractivity contribution in [3.05, 3.63) is 35.4 Å². The Labute approximate surface area is 314 Å². The van der Waals surface area contributed by atoms with Crippen LogP contribution in [0.3, 0.4) is 0 Å². The number of benzene rings is 1. The van der Waals surface area contributed by atoms with E-state index in [9.17, 15) is 18.7 Å². The third-order valence-electron chi connectivity index (χ3n) is 17.5. The molecule has 5 aliphatic carbocycles. The number of hydrogen-bond donors (Lipinski definition) is 1. The van der Waals surface area contributed by atoms with Crippen molar-refractivity contribution < 1.29 is 37.6 Å².